The van der Waals surface area contributed by atoms with Gasteiger partial charge >= 0.3 is 6.16 Å². The summed E-state index contributed by atoms with van der Waals surface area (Å²) in [7, 11) is 0. The van der Waals surface area contributed by atoms with E-state index in [1.165, 1.54) is 0 Å². The Morgan fingerprint density at radius 3 is 2.24 bits per heavy atom. The predicted octanol–water partition coefficient (Wildman–Crippen LogP) is 3.91. The maximum Gasteiger partial charge on any atom is 0.533 e. The van der Waals surface area contributed by atoms with Crippen LogP contribution in [0.25, 0.3) is 11.1 Å². The highest BCUT2D eigenvalue weighted by atomic mass is 16.8. The molecule has 3 amide bonds. The summed E-state index contributed by atoms with van der Waals surface area (Å²) in [4.78, 5) is 66.6. The Bertz CT molecular complexity index is 1320. The van der Waals surface area contributed by atoms with E-state index in [2.05, 4.69) is 5.32 Å². The molecule has 2 aromatic carbocycles. The number of aliphatic hydroxyl groups is 1. The molecule has 0 spiro atoms. The lowest BCUT2D eigenvalue weighted by molar-refractivity contribution is -0.177. The Kier molecular flexibility index (Phi) is 10.8. The first-order valence-corrected chi connectivity index (χ1v) is 14.3. The number of hydroxylamine groups is 2. The summed E-state index contributed by atoms with van der Waals surface area (Å²) < 4.78 is 10.9. The number of nitrogens with one attached hydrogen (secondary N) is 1. The molecule has 1 saturated heterocycles. The number of hydrogen-bond donors (Lipinski definition) is 2. The molecule has 1 unspecified atom stereocenters. The van der Waals surface area contributed by atoms with E-state index in [9.17, 15) is 24.0 Å². The van der Waals surface area contributed by atoms with Gasteiger partial charge in [0.15, 0.2) is 5.78 Å². The minimum atomic E-state index is -1.20. The molecule has 2 aromatic rings. The van der Waals surface area contributed by atoms with Crippen molar-refractivity contribution in [3.05, 3.63) is 58.7 Å². The Labute approximate surface area is 244 Å². The monoisotopic (exact) mass is 580 g/mol. The van der Waals surface area contributed by atoms with E-state index in [1.54, 1.807) is 24.3 Å². The predicted molar refractivity (Wildman–Crippen MR) is 151 cm³/mol. The number of imide groups is 1. The number of ether oxygens (including phenoxy) is 2. The molecule has 2 aliphatic rings. The topological polar surface area (TPSA) is 149 Å². The van der Waals surface area contributed by atoms with Crippen LogP contribution in [-0.2, 0) is 23.9 Å². The molecule has 42 heavy (non-hydrogen) atoms. The van der Waals surface area contributed by atoms with Crippen molar-refractivity contribution in [3.63, 3.8) is 0 Å². The average Bonchev–Trinajstić information content (AvgIpc) is 3.48. The van der Waals surface area contributed by atoms with Gasteiger partial charge in [-0.3, -0.25) is 24.0 Å². The van der Waals surface area contributed by atoms with Gasteiger partial charge < -0.3 is 19.9 Å². The van der Waals surface area contributed by atoms with Crippen LogP contribution in [0.5, 0.6) is 0 Å². The fourth-order valence-electron chi connectivity index (χ4n) is 5.00. The van der Waals surface area contributed by atoms with Crippen LogP contribution in [-0.4, -0.2) is 72.8 Å². The number of rotatable bonds is 15. The first-order chi connectivity index (χ1) is 20.3. The van der Waals surface area contributed by atoms with Gasteiger partial charge in [-0.15, -0.1) is 0 Å². The van der Waals surface area contributed by atoms with E-state index in [0.29, 0.717) is 55.2 Å². The van der Waals surface area contributed by atoms with E-state index in [1.807, 2.05) is 19.1 Å². The number of Topliss-reactive ketones (excluding diaryl/α,β-unsaturated/α-hetero) is 1. The van der Waals surface area contributed by atoms with Gasteiger partial charge in [-0.25, -0.2) is 4.79 Å². The third kappa shape index (κ3) is 7.40. The quantitative estimate of drug-likeness (QED) is 0.138. The largest absolute Gasteiger partial charge is 0.533 e. The van der Waals surface area contributed by atoms with E-state index < -0.39 is 23.9 Å². The molecular weight excluding hydrogens is 544 g/mol. The van der Waals surface area contributed by atoms with Crippen molar-refractivity contribution in [1.29, 1.82) is 0 Å². The first kappa shape index (κ1) is 30.9. The molecule has 224 valence electrons. The number of fused-ring (bicyclic) bond motifs is 3. The molecule has 1 aliphatic heterocycles. The maximum absolute atomic E-state index is 13.0. The van der Waals surface area contributed by atoms with E-state index in [-0.39, 0.29) is 37.7 Å². The molecule has 1 heterocycles. The molecule has 1 aliphatic carbocycles. The molecule has 0 bridgehead atoms. The van der Waals surface area contributed by atoms with E-state index >= 15 is 0 Å². The summed E-state index contributed by atoms with van der Waals surface area (Å²) in [5, 5.41) is 12.1. The van der Waals surface area contributed by atoms with Crippen LogP contribution in [0.15, 0.2) is 36.4 Å². The molecule has 0 aromatic heterocycles. The van der Waals surface area contributed by atoms with E-state index in [0.717, 1.165) is 35.1 Å². The number of aliphatic hydroxyl groups excluding tert-OH is 1. The van der Waals surface area contributed by atoms with Crippen molar-refractivity contribution < 1.29 is 43.4 Å². The number of hydrogen-bond acceptors (Lipinski definition) is 9. The summed E-state index contributed by atoms with van der Waals surface area (Å²) in [5.74, 6) is -2.04. The minimum Gasteiger partial charge on any atom is -0.432 e. The molecule has 11 heteroatoms. The van der Waals surface area contributed by atoms with Gasteiger partial charge in [0.25, 0.3) is 17.7 Å². The summed E-state index contributed by atoms with van der Waals surface area (Å²) in [5.41, 5.74) is 4.15. The number of carbonyl (C=O) groups is 5. The summed E-state index contributed by atoms with van der Waals surface area (Å²) >= 11 is 0. The van der Waals surface area contributed by atoms with Crippen LogP contribution in [0, 0.1) is 0 Å². The smallest absolute Gasteiger partial charge is 0.432 e. The lowest BCUT2D eigenvalue weighted by atomic mass is 9.94. The number of carbonyl (C=O) groups excluding carboxylic acids is 5. The van der Waals surface area contributed by atoms with Crippen molar-refractivity contribution >= 4 is 29.7 Å². The summed E-state index contributed by atoms with van der Waals surface area (Å²) in [6.07, 6.45) is 1.80. The summed E-state index contributed by atoms with van der Waals surface area (Å²) in [6.45, 7) is 3.39. The Morgan fingerprint density at radius 1 is 0.929 bits per heavy atom. The molecule has 0 radical (unpaired) electrons. The molecule has 11 nitrogen and oxygen atoms in total. The van der Waals surface area contributed by atoms with Gasteiger partial charge in [0.1, 0.15) is 6.61 Å². The zero-order valence-corrected chi connectivity index (χ0v) is 23.7. The number of unbranched alkanes of at least 4 members (excludes halogenated alkanes) is 1. The third-order valence-electron chi connectivity index (χ3n) is 7.19. The second kappa shape index (κ2) is 14.7. The first-order valence-electron chi connectivity index (χ1n) is 14.3. The lowest BCUT2D eigenvalue weighted by Gasteiger charge is -2.17. The van der Waals surface area contributed by atoms with E-state index in [4.69, 9.17) is 19.4 Å². The highest BCUT2D eigenvalue weighted by Crippen LogP contribution is 2.46. The number of ketones is 1. The molecule has 2 N–H and O–H groups in total. The van der Waals surface area contributed by atoms with Crippen molar-refractivity contribution in [2.24, 2.45) is 0 Å². The van der Waals surface area contributed by atoms with Crippen molar-refractivity contribution in [1.82, 2.24) is 10.4 Å². The second-order valence-electron chi connectivity index (χ2n) is 10.2. The normalized spacial score (nSPS) is 15.4. The van der Waals surface area contributed by atoms with Gasteiger partial charge in [0.05, 0.1) is 0 Å². The van der Waals surface area contributed by atoms with Crippen molar-refractivity contribution in [2.45, 2.75) is 57.8 Å². The van der Waals surface area contributed by atoms with Gasteiger partial charge in [-0.2, -0.15) is 0 Å². The van der Waals surface area contributed by atoms with Gasteiger partial charge in [-0.05, 0) is 66.1 Å². The molecule has 4 rings (SSSR count). The van der Waals surface area contributed by atoms with Crippen LogP contribution in [0.4, 0.5) is 4.79 Å². The van der Waals surface area contributed by atoms with Crippen LogP contribution in [0.1, 0.15) is 89.6 Å². The van der Waals surface area contributed by atoms with Crippen LogP contribution in [0.3, 0.4) is 0 Å². The van der Waals surface area contributed by atoms with Gasteiger partial charge in [0, 0.05) is 62.7 Å². The minimum absolute atomic E-state index is 0.0367. The van der Waals surface area contributed by atoms with Crippen LogP contribution < -0.4 is 5.32 Å². The Balaban J connectivity index is 1.50. The average molecular weight is 581 g/mol. The Morgan fingerprint density at radius 2 is 1.57 bits per heavy atom. The highest BCUT2D eigenvalue weighted by Gasteiger charge is 2.35. The molecule has 0 saturated carbocycles. The van der Waals surface area contributed by atoms with Crippen molar-refractivity contribution in [2.75, 3.05) is 33.0 Å². The van der Waals surface area contributed by atoms with Crippen LogP contribution in [0.2, 0.25) is 0 Å². The van der Waals surface area contributed by atoms with Gasteiger partial charge in [-0.1, -0.05) is 30.2 Å². The molecular formula is C31H36N2O9. The lowest BCUT2D eigenvalue weighted by Crippen LogP contribution is -2.32. The van der Waals surface area contributed by atoms with Crippen LogP contribution >= 0.6 is 0 Å². The number of benzene rings is 2. The van der Waals surface area contributed by atoms with Crippen molar-refractivity contribution in [3.8, 4) is 11.1 Å². The molecule has 1 atom stereocenters. The number of nitrogens with zero attached hydrogens (tertiary/aromatic N) is 1. The zero-order valence-electron chi connectivity index (χ0n) is 23.7. The highest BCUT2D eigenvalue weighted by molar-refractivity contribution is 6.01. The standard InChI is InChI=1S/C31H36N2O9/c1-2-13-32-30(38)21-8-10-23-22-9-7-20(27(35)6-5-16-40-15-4-3-14-34)17-24(22)26(25(23)18-21)19-41-31(39)42-33-28(36)11-12-29(33)37/h7-10,17-18,26,34H,2-6,11-16,19H2,1H3,(H,32,38). The second-order valence-corrected chi connectivity index (χ2v) is 10.2. The SMILES string of the molecule is CCCNC(=O)c1ccc2c(c1)C(COC(=O)ON1C(=O)CCC1=O)c1cc(C(=O)CCCOCCCCO)ccc1-2. The number of amides is 3. The third-order valence-corrected chi connectivity index (χ3v) is 7.19. The maximum atomic E-state index is 13.0. The Hall–Kier alpha value is -4.09. The molecule has 1 fully saturated rings. The zero-order chi connectivity index (χ0) is 30.1. The fraction of sp³-hybridized carbons (Fsp3) is 0.452. The van der Waals surface area contributed by atoms with Gasteiger partial charge in [0.2, 0.25) is 0 Å². The summed E-state index contributed by atoms with van der Waals surface area (Å²) in [6, 6.07) is 10.7. The fourth-order valence-corrected chi connectivity index (χ4v) is 5.00.